The maximum absolute atomic E-state index is 13.0. The van der Waals surface area contributed by atoms with Crippen molar-refractivity contribution in [1.29, 1.82) is 0 Å². The zero-order valence-electron chi connectivity index (χ0n) is 9.15. The topological polar surface area (TPSA) is 52.3 Å². The summed E-state index contributed by atoms with van der Waals surface area (Å²) in [5, 5.41) is 1.84. The van der Waals surface area contributed by atoms with Crippen molar-refractivity contribution in [3.8, 4) is 0 Å². The number of esters is 1. The minimum absolute atomic E-state index is 0.0783. The molecule has 2 N–H and O–H groups in total. The van der Waals surface area contributed by atoms with Gasteiger partial charge < -0.3 is 10.5 Å². The van der Waals surface area contributed by atoms with Crippen LogP contribution in [-0.2, 0) is 11.3 Å². The standard InChI is InChI=1S/C12H9F2NO2S/c13-9-4-8(11(15)5-10(9)14)12(16)17-6-7-2-1-3-18-7/h1-5H,6,15H2. The number of carbonyl (C=O) groups excluding carboxylic acids is 1. The average molecular weight is 269 g/mol. The number of hydrogen-bond acceptors (Lipinski definition) is 4. The van der Waals surface area contributed by atoms with Gasteiger partial charge in [0.1, 0.15) is 6.61 Å². The minimum Gasteiger partial charge on any atom is -0.456 e. The predicted molar refractivity (Wildman–Crippen MR) is 64.2 cm³/mol. The van der Waals surface area contributed by atoms with Crippen LogP contribution >= 0.6 is 11.3 Å². The molecule has 0 aliphatic carbocycles. The quantitative estimate of drug-likeness (QED) is 0.688. The van der Waals surface area contributed by atoms with Crippen molar-refractivity contribution in [2.45, 2.75) is 6.61 Å². The van der Waals surface area contributed by atoms with Crippen molar-refractivity contribution in [2.75, 3.05) is 5.73 Å². The number of rotatable bonds is 3. The van der Waals surface area contributed by atoms with E-state index in [-0.39, 0.29) is 17.9 Å². The molecule has 2 aromatic rings. The van der Waals surface area contributed by atoms with Crippen LogP contribution in [0.1, 0.15) is 15.2 Å². The second-order valence-electron chi connectivity index (χ2n) is 3.51. The monoisotopic (exact) mass is 269 g/mol. The van der Waals surface area contributed by atoms with E-state index in [1.165, 1.54) is 11.3 Å². The highest BCUT2D eigenvalue weighted by molar-refractivity contribution is 7.09. The number of halogens is 2. The molecule has 1 heterocycles. The molecule has 0 aliphatic heterocycles. The molecule has 1 aromatic heterocycles. The second kappa shape index (κ2) is 5.14. The second-order valence-corrected chi connectivity index (χ2v) is 4.54. The Morgan fingerprint density at radius 3 is 2.72 bits per heavy atom. The molecule has 0 atom stereocenters. The highest BCUT2D eigenvalue weighted by Gasteiger charge is 2.15. The lowest BCUT2D eigenvalue weighted by Crippen LogP contribution is -2.09. The van der Waals surface area contributed by atoms with Gasteiger partial charge in [-0.1, -0.05) is 6.07 Å². The van der Waals surface area contributed by atoms with E-state index in [1.807, 2.05) is 11.4 Å². The number of nitrogens with two attached hydrogens (primary N) is 1. The summed E-state index contributed by atoms with van der Waals surface area (Å²) in [7, 11) is 0. The van der Waals surface area contributed by atoms with Crippen LogP contribution in [0.4, 0.5) is 14.5 Å². The van der Waals surface area contributed by atoms with E-state index in [9.17, 15) is 13.6 Å². The normalized spacial score (nSPS) is 10.3. The van der Waals surface area contributed by atoms with Crippen LogP contribution in [0.2, 0.25) is 0 Å². The lowest BCUT2D eigenvalue weighted by atomic mass is 10.1. The van der Waals surface area contributed by atoms with E-state index in [1.54, 1.807) is 6.07 Å². The van der Waals surface area contributed by atoms with Gasteiger partial charge >= 0.3 is 5.97 Å². The summed E-state index contributed by atoms with van der Waals surface area (Å²) in [5.41, 5.74) is 5.11. The van der Waals surface area contributed by atoms with Gasteiger partial charge in [-0.15, -0.1) is 11.3 Å². The van der Waals surface area contributed by atoms with Gasteiger partial charge in [0, 0.05) is 16.6 Å². The number of nitrogen functional groups attached to an aromatic ring is 1. The van der Waals surface area contributed by atoms with Crippen molar-refractivity contribution in [1.82, 2.24) is 0 Å². The molecule has 0 spiro atoms. The van der Waals surface area contributed by atoms with E-state index in [4.69, 9.17) is 10.5 Å². The fraction of sp³-hybridized carbons (Fsp3) is 0.0833. The van der Waals surface area contributed by atoms with Crippen molar-refractivity contribution in [2.24, 2.45) is 0 Å². The zero-order chi connectivity index (χ0) is 13.1. The van der Waals surface area contributed by atoms with Crippen molar-refractivity contribution in [3.05, 3.63) is 51.7 Å². The van der Waals surface area contributed by atoms with Gasteiger partial charge in [0.2, 0.25) is 0 Å². The Kier molecular flexibility index (Phi) is 3.57. The van der Waals surface area contributed by atoms with Crippen molar-refractivity contribution >= 4 is 23.0 Å². The molecule has 2 rings (SSSR count). The molecule has 0 radical (unpaired) electrons. The Hall–Kier alpha value is -1.95. The summed E-state index contributed by atoms with van der Waals surface area (Å²) in [6.07, 6.45) is 0. The smallest absolute Gasteiger partial charge is 0.340 e. The van der Waals surface area contributed by atoms with E-state index in [0.717, 1.165) is 17.0 Å². The molecule has 3 nitrogen and oxygen atoms in total. The summed E-state index contributed by atoms with van der Waals surface area (Å²) in [4.78, 5) is 12.5. The number of benzene rings is 1. The summed E-state index contributed by atoms with van der Waals surface area (Å²) in [6, 6.07) is 5.12. The van der Waals surface area contributed by atoms with Crippen LogP contribution in [0.5, 0.6) is 0 Å². The summed E-state index contributed by atoms with van der Waals surface area (Å²) in [5.74, 6) is -3.01. The molecule has 0 bridgehead atoms. The third-order valence-electron chi connectivity index (χ3n) is 2.24. The summed E-state index contributed by atoms with van der Waals surface area (Å²) < 4.78 is 30.8. The van der Waals surface area contributed by atoms with Crippen LogP contribution < -0.4 is 5.73 Å². The Labute approximate surface area is 106 Å². The Morgan fingerprint density at radius 1 is 1.33 bits per heavy atom. The van der Waals surface area contributed by atoms with E-state index in [2.05, 4.69) is 0 Å². The van der Waals surface area contributed by atoms with Gasteiger partial charge in [-0.25, -0.2) is 13.6 Å². The molecule has 1 aromatic carbocycles. The molecule has 6 heteroatoms. The molecule has 94 valence electrons. The van der Waals surface area contributed by atoms with Gasteiger partial charge in [-0.2, -0.15) is 0 Å². The number of ether oxygens (including phenoxy) is 1. The fourth-order valence-corrected chi connectivity index (χ4v) is 1.96. The van der Waals surface area contributed by atoms with Crippen LogP contribution in [0, 0.1) is 11.6 Å². The molecular weight excluding hydrogens is 260 g/mol. The summed E-state index contributed by atoms with van der Waals surface area (Å²) >= 11 is 1.43. The van der Waals surface area contributed by atoms with Gasteiger partial charge in [-0.05, 0) is 17.5 Å². The number of hydrogen-bond donors (Lipinski definition) is 1. The van der Waals surface area contributed by atoms with E-state index >= 15 is 0 Å². The lowest BCUT2D eigenvalue weighted by molar-refractivity contribution is 0.0477. The van der Waals surface area contributed by atoms with E-state index in [0.29, 0.717) is 0 Å². The Balaban J connectivity index is 2.11. The maximum Gasteiger partial charge on any atom is 0.340 e. The fourth-order valence-electron chi connectivity index (χ4n) is 1.35. The third kappa shape index (κ3) is 2.65. The van der Waals surface area contributed by atoms with Crippen LogP contribution in [0.15, 0.2) is 29.6 Å². The number of carbonyl (C=O) groups is 1. The lowest BCUT2D eigenvalue weighted by Gasteiger charge is -2.06. The van der Waals surface area contributed by atoms with Crippen LogP contribution in [-0.4, -0.2) is 5.97 Å². The molecule has 0 unspecified atom stereocenters. The van der Waals surface area contributed by atoms with Gasteiger partial charge in [0.25, 0.3) is 0 Å². The van der Waals surface area contributed by atoms with Crippen molar-refractivity contribution in [3.63, 3.8) is 0 Å². The first-order valence-electron chi connectivity index (χ1n) is 5.02. The first-order valence-corrected chi connectivity index (χ1v) is 5.90. The van der Waals surface area contributed by atoms with Gasteiger partial charge in [0.15, 0.2) is 11.6 Å². The predicted octanol–water partition coefficient (Wildman–Crippen LogP) is 2.97. The highest BCUT2D eigenvalue weighted by Crippen LogP contribution is 2.19. The zero-order valence-corrected chi connectivity index (χ0v) is 9.97. The highest BCUT2D eigenvalue weighted by atomic mass is 32.1. The van der Waals surface area contributed by atoms with Gasteiger partial charge in [-0.3, -0.25) is 0 Å². The third-order valence-corrected chi connectivity index (χ3v) is 3.09. The van der Waals surface area contributed by atoms with Crippen LogP contribution in [0.25, 0.3) is 0 Å². The Morgan fingerprint density at radius 2 is 2.06 bits per heavy atom. The molecule has 0 aliphatic rings. The van der Waals surface area contributed by atoms with Crippen molar-refractivity contribution < 1.29 is 18.3 Å². The Bertz CT molecular complexity index is 570. The molecule has 18 heavy (non-hydrogen) atoms. The van der Waals surface area contributed by atoms with Crippen LogP contribution in [0.3, 0.4) is 0 Å². The molecule has 0 saturated heterocycles. The molecule has 0 fully saturated rings. The van der Waals surface area contributed by atoms with E-state index < -0.39 is 17.6 Å². The SMILES string of the molecule is Nc1cc(F)c(F)cc1C(=O)OCc1cccs1. The average Bonchev–Trinajstić information content (AvgIpc) is 2.84. The largest absolute Gasteiger partial charge is 0.456 e. The number of anilines is 1. The first-order chi connectivity index (χ1) is 8.58. The first kappa shape index (κ1) is 12.5. The maximum atomic E-state index is 13.0. The molecular formula is C12H9F2NO2S. The molecule has 0 saturated carbocycles. The number of thiophene rings is 1. The minimum atomic E-state index is -1.13. The summed E-state index contributed by atoms with van der Waals surface area (Å²) in [6.45, 7) is 0.0783. The van der Waals surface area contributed by atoms with Gasteiger partial charge in [0.05, 0.1) is 5.56 Å². The molecule has 0 amide bonds.